The zero-order valence-corrected chi connectivity index (χ0v) is 19.7. The molecule has 3 rings (SSSR count). The number of hydrogen-bond acceptors (Lipinski definition) is 5. The summed E-state index contributed by atoms with van der Waals surface area (Å²) >= 11 is 1.88. The Bertz CT molecular complexity index is 690. The third-order valence-electron chi connectivity index (χ3n) is 4.46. The third kappa shape index (κ3) is 7.29. The molecule has 1 saturated heterocycles. The Labute approximate surface area is 189 Å². The van der Waals surface area contributed by atoms with E-state index in [0.717, 1.165) is 57.5 Å². The smallest absolute Gasteiger partial charge is 0.194 e. The van der Waals surface area contributed by atoms with Gasteiger partial charge in [0.05, 0.1) is 12.2 Å². The van der Waals surface area contributed by atoms with Gasteiger partial charge in [-0.05, 0) is 19.1 Å². The van der Waals surface area contributed by atoms with Crippen LogP contribution in [0.3, 0.4) is 0 Å². The maximum absolute atomic E-state index is 4.93. The van der Waals surface area contributed by atoms with E-state index in [9.17, 15) is 0 Å². The first-order chi connectivity index (χ1) is 13.2. The zero-order valence-electron chi connectivity index (χ0n) is 16.6. The lowest BCUT2D eigenvalue weighted by atomic mass is 10.3. The molecule has 1 unspecified atom stereocenters. The van der Waals surface area contributed by atoms with Crippen molar-refractivity contribution in [3.05, 3.63) is 48.4 Å². The molecule has 0 aliphatic carbocycles. The summed E-state index contributed by atoms with van der Waals surface area (Å²) in [5.41, 5.74) is 0.996. The van der Waals surface area contributed by atoms with Crippen LogP contribution in [0.4, 0.5) is 0 Å². The largest absolute Gasteiger partial charge is 0.364 e. The van der Waals surface area contributed by atoms with Gasteiger partial charge in [-0.25, -0.2) is 0 Å². The number of nitrogens with one attached hydrogen (secondary N) is 1. The van der Waals surface area contributed by atoms with E-state index >= 15 is 0 Å². The summed E-state index contributed by atoms with van der Waals surface area (Å²) in [6.45, 7) is 10.9. The van der Waals surface area contributed by atoms with Gasteiger partial charge in [-0.15, -0.1) is 35.7 Å². The molecular weight excluding hydrogens is 485 g/mol. The Morgan fingerprint density at radius 1 is 1.21 bits per heavy atom. The van der Waals surface area contributed by atoms with Crippen molar-refractivity contribution >= 4 is 41.7 Å². The minimum Gasteiger partial charge on any atom is -0.364 e. The van der Waals surface area contributed by atoms with Gasteiger partial charge in [0.15, 0.2) is 5.96 Å². The van der Waals surface area contributed by atoms with E-state index in [4.69, 9.17) is 9.52 Å². The van der Waals surface area contributed by atoms with Crippen molar-refractivity contribution in [3.8, 4) is 0 Å². The summed E-state index contributed by atoms with van der Waals surface area (Å²) in [5, 5.41) is 7.90. The van der Waals surface area contributed by atoms with E-state index < -0.39 is 0 Å². The number of hydrogen-bond donors (Lipinski definition) is 1. The highest BCUT2D eigenvalue weighted by Crippen LogP contribution is 2.22. The number of nitrogens with zero attached hydrogens (tertiary/aromatic N) is 4. The van der Waals surface area contributed by atoms with Gasteiger partial charge in [0.25, 0.3) is 0 Å². The Balaban J connectivity index is 0.00000280. The van der Waals surface area contributed by atoms with Gasteiger partial charge >= 0.3 is 0 Å². The van der Waals surface area contributed by atoms with Crippen LogP contribution in [0, 0.1) is 0 Å². The SMILES string of the molecule is CCNC(=NCC(C)Sc1ccccc1)N1CCN(Cc2ccon2)CC1.I. The van der Waals surface area contributed by atoms with E-state index in [2.05, 4.69) is 64.5 Å². The van der Waals surface area contributed by atoms with Crippen LogP contribution in [0.25, 0.3) is 0 Å². The lowest BCUT2D eigenvalue weighted by Crippen LogP contribution is -2.52. The number of aliphatic imine (C=N–C) groups is 1. The quantitative estimate of drug-likeness (QED) is 0.264. The fourth-order valence-corrected chi connectivity index (χ4v) is 4.00. The molecule has 6 nitrogen and oxygen atoms in total. The minimum atomic E-state index is 0. The van der Waals surface area contributed by atoms with Gasteiger partial charge in [0, 0.05) is 55.5 Å². The number of benzene rings is 1. The molecule has 1 aromatic heterocycles. The van der Waals surface area contributed by atoms with Crippen LogP contribution < -0.4 is 5.32 Å². The highest BCUT2D eigenvalue weighted by atomic mass is 127. The Hall–Kier alpha value is -1.26. The molecule has 0 radical (unpaired) electrons. The third-order valence-corrected chi connectivity index (χ3v) is 5.56. The molecule has 0 saturated carbocycles. The average molecular weight is 515 g/mol. The van der Waals surface area contributed by atoms with Crippen LogP contribution in [-0.2, 0) is 6.54 Å². The molecule has 1 aliphatic rings. The van der Waals surface area contributed by atoms with Crippen LogP contribution >= 0.6 is 35.7 Å². The maximum atomic E-state index is 4.93. The highest BCUT2D eigenvalue weighted by molar-refractivity contribution is 14.0. The molecule has 1 aliphatic heterocycles. The molecule has 8 heteroatoms. The second-order valence-corrected chi connectivity index (χ2v) is 8.20. The molecule has 2 heterocycles. The number of aromatic nitrogens is 1. The Kier molecular flexibility index (Phi) is 10.1. The second-order valence-electron chi connectivity index (χ2n) is 6.69. The van der Waals surface area contributed by atoms with Crippen LogP contribution in [0.2, 0.25) is 0 Å². The Morgan fingerprint density at radius 2 is 1.96 bits per heavy atom. The maximum Gasteiger partial charge on any atom is 0.194 e. The molecule has 0 spiro atoms. The number of halogens is 1. The van der Waals surface area contributed by atoms with Crippen molar-refractivity contribution in [1.82, 2.24) is 20.3 Å². The van der Waals surface area contributed by atoms with Gasteiger partial charge in [-0.1, -0.05) is 30.3 Å². The van der Waals surface area contributed by atoms with Gasteiger partial charge < -0.3 is 14.7 Å². The first kappa shape index (κ1) is 23.0. The highest BCUT2D eigenvalue weighted by Gasteiger charge is 2.20. The molecule has 154 valence electrons. The number of thioether (sulfide) groups is 1. The van der Waals surface area contributed by atoms with Crippen LogP contribution in [0.1, 0.15) is 19.5 Å². The first-order valence-corrected chi connectivity index (χ1v) is 10.5. The molecule has 1 atom stereocenters. The fourth-order valence-electron chi connectivity index (χ4n) is 3.08. The van der Waals surface area contributed by atoms with E-state index in [1.807, 2.05) is 17.8 Å². The van der Waals surface area contributed by atoms with Gasteiger partial charge in [0.2, 0.25) is 0 Å². The fraction of sp³-hybridized carbons (Fsp3) is 0.500. The van der Waals surface area contributed by atoms with Crippen LogP contribution in [0.5, 0.6) is 0 Å². The standard InChI is InChI=1S/C20H29N5OS.HI/c1-3-21-20(22-15-17(2)27-19-7-5-4-6-8-19)25-12-10-24(11-13-25)16-18-9-14-26-23-18;/h4-9,14,17H,3,10-13,15-16H2,1-2H3,(H,21,22);1H. The van der Waals surface area contributed by atoms with E-state index in [0.29, 0.717) is 5.25 Å². The number of rotatable bonds is 7. The van der Waals surface area contributed by atoms with E-state index in [1.54, 1.807) is 6.26 Å². The molecule has 0 bridgehead atoms. The predicted octanol–water partition coefficient (Wildman–Crippen LogP) is 3.56. The molecular formula is C20H30IN5OS. The molecule has 1 aromatic carbocycles. The monoisotopic (exact) mass is 515 g/mol. The van der Waals surface area contributed by atoms with Crippen molar-refractivity contribution in [2.45, 2.75) is 30.5 Å². The summed E-state index contributed by atoms with van der Waals surface area (Å²) in [5.74, 6) is 1.03. The summed E-state index contributed by atoms with van der Waals surface area (Å²) in [6, 6.07) is 12.5. The topological polar surface area (TPSA) is 56.9 Å². The molecule has 0 amide bonds. The van der Waals surface area contributed by atoms with Crippen LogP contribution in [0.15, 0.2) is 57.1 Å². The molecule has 1 fully saturated rings. The minimum absolute atomic E-state index is 0. The van der Waals surface area contributed by atoms with E-state index in [1.165, 1.54) is 4.90 Å². The van der Waals surface area contributed by atoms with Crippen molar-refractivity contribution in [1.29, 1.82) is 0 Å². The second kappa shape index (κ2) is 12.3. The molecule has 28 heavy (non-hydrogen) atoms. The van der Waals surface area contributed by atoms with Gasteiger partial charge in [-0.2, -0.15) is 0 Å². The van der Waals surface area contributed by atoms with Crippen molar-refractivity contribution in [2.24, 2.45) is 4.99 Å². The summed E-state index contributed by atoms with van der Waals surface area (Å²) in [7, 11) is 0. The number of piperazine rings is 1. The Morgan fingerprint density at radius 3 is 2.61 bits per heavy atom. The summed E-state index contributed by atoms with van der Waals surface area (Å²) in [4.78, 5) is 11.0. The van der Waals surface area contributed by atoms with Gasteiger partial charge in [0.1, 0.15) is 6.26 Å². The van der Waals surface area contributed by atoms with E-state index in [-0.39, 0.29) is 24.0 Å². The summed E-state index contributed by atoms with van der Waals surface area (Å²) in [6.07, 6.45) is 1.64. The van der Waals surface area contributed by atoms with Gasteiger partial charge in [-0.3, -0.25) is 9.89 Å². The number of guanidine groups is 1. The molecule has 1 N–H and O–H groups in total. The van der Waals surface area contributed by atoms with Crippen molar-refractivity contribution in [2.75, 3.05) is 39.3 Å². The van der Waals surface area contributed by atoms with Crippen LogP contribution in [-0.4, -0.2) is 65.4 Å². The average Bonchev–Trinajstić information content (AvgIpc) is 3.20. The normalized spacial score (nSPS) is 16.5. The summed E-state index contributed by atoms with van der Waals surface area (Å²) < 4.78 is 4.93. The van der Waals surface area contributed by atoms with Crippen molar-refractivity contribution in [3.63, 3.8) is 0 Å². The predicted molar refractivity (Wildman–Crippen MR) is 127 cm³/mol. The lowest BCUT2D eigenvalue weighted by Gasteiger charge is -2.36. The van der Waals surface area contributed by atoms with Crippen molar-refractivity contribution < 1.29 is 4.52 Å². The first-order valence-electron chi connectivity index (χ1n) is 9.61. The molecule has 2 aromatic rings. The zero-order chi connectivity index (χ0) is 18.9. The lowest BCUT2D eigenvalue weighted by molar-refractivity contribution is 0.169.